The van der Waals surface area contributed by atoms with Gasteiger partial charge in [-0.25, -0.2) is 0 Å². The van der Waals surface area contributed by atoms with Crippen LogP contribution in [0.2, 0.25) is 0 Å². The van der Waals surface area contributed by atoms with Gasteiger partial charge >= 0.3 is 0 Å². The number of carbonyl (C=O) groups is 1. The Labute approximate surface area is 157 Å². The van der Waals surface area contributed by atoms with E-state index in [-0.39, 0.29) is 17.4 Å². The third-order valence-corrected chi connectivity index (χ3v) is 4.80. The van der Waals surface area contributed by atoms with Gasteiger partial charge in [-0.15, -0.1) is 0 Å². The van der Waals surface area contributed by atoms with Gasteiger partial charge in [-0.3, -0.25) is 9.79 Å². The van der Waals surface area contributed by atoms with Crippen LogP contribution in [0, 0.1) is 0 Å². The van der Waals surface area contributed by atoms with Crippen LogP contribution in [0.4, 0.5) is 0 Å². The van der Waals surface area contributed by atoms with E-state index in [1.807, 2.05) is 19.2 Å². The molecule has 2 rings (SSSR count). The van der Waals surface area contributed by atoms with Gasteiger partial charge in [-0.05, 0) is 31.0 Å². The zero-order valence-corrected chi connectivity index (χ0v) is 16.6. The van der Waals surface area contributed by atoms with E-state index in [1.54, 1.807) is 12.0 Å². The van der Waals surface area contributed by atoms with E-state index in [4.69, 9.17) is 9.73 Å². The quantitative estimate of drug-likeness (QED) is 0.603. The summed E-state index contributed by atoms with van der Waals surface area (Å²) in [6.45, 7) is 8.58. The highest BCUT2D eigenvalue weighted by Gasteiger charge is 2.24. The molecule has 0 spiro atoms. The van der Waals surface area contributed by atoms with Crippen molar-refractivity contribution in [2.75, 3.05) is 33.8 Å². The fourth-order valence-corrected chi connectivity index (χ4v) is 3.06. The molecule has 0 aromatic heterocycles. The maximum absolute atomic E-state index is 11.7. The smallest absolute Gasteiger partial charge is 0.222 e. The summed E-state index contributed by atoms with van der Waals surface area (Å²) in [7, 11) is 3.54. The monoisotopic (exact) mass is 360 g/mol. The van der Waals surface area contributed by atoms with Crippen LogP contribution >= 0.6 is 0 Å². The summed E-state index contributed by atoms with van der Waals surface area (Å²) in [6.07, 6.45) is 1.43. The fourth-order valence-electron chi connectivity index (χ4n) is 3.06. The maximum atomic E-state index is 11.7. The van der Waals surface area contributed by atoms with Crippen molar-refractivity contribution >= 4 is 11.9 Å². The Hall–Kier alpha value is -2.24. The summed E-state index contributed by atoms with van der Waals surface area (Å²) in [5, 5.41) is 6.79. The summed E-state index contributed by atoms with van der Waals surface area (Å²) in [5.74, 6) is 1.87. The van der Waals surface area contributed by atoms with Crippen molar-refractivity contribution in [3.8, 4) is 5.75 Å². The van der Waals surface area contributed by atoms with E-state index in [1.165, 1.54) is 5.56 Å². The first-order valence-electron chi connectivity index (χ1n) is 9.29. The van der Waals surface area contributed by atoms with Gasteiger partial charge in [0.2, 0.25) is 5.91 Å². The molecule has 6 nitrogen and oxygen atoms in total. The van der Waals surface area contributed by atoms with Crippen molar-refractivity contribution in [3.63, 3.8) is 0 Å². The number of hydrogen-bond acceptors (Lipinski definition) is 3. The Morgan fingerprint density at radius 1 is 1.42 bits per heavy atom. The number of aliphatic imine (C=N–C) groups is 1. The average molecular weight is 361 g/mol. The molecule has 1 fully saturated rings. The second-order valence-electron chi connectivity index (χ2n) is 7.47. The molecule has 144 valence electrons. The molecule has 0 aliphatic carbocycles. The molecule has 1 atom stereocenters. The maximum Gasteiger partial charge on any atom is 0.222 e. The van der Waals surface area contributed by atoms with Crippen molar-refractivity contribution in [3.05, 3.63) is 29.8 Å². The van der Waals surface area contributed by atoms with E-state index in [0.29, 0.717) is 19.5 Å². The first-order chi connectivity index (χ1) is 12.4. The van der Waals surface area contributed by atoms with Crippen molar-refractivity contribution in [2.45, 2.75) is 45.1 Å². The highest BCUT2D eigenvalue weighted by molar-refractivity contribution is 5.81. The van der Waals surface area contributed by atoms with Crippen LogP contribution in [0.3, 0.4) is 0 Å². The number of likely N-dealkylation sites (tertiary alicyclic amines) is 1. The van der Waals surface area contributed by atoms with Gasteiger partial charge in [-0.2, -0.15) is 0 Å². The second-order valence-corrected chi connectivity index (χ2v) is 7.47. The first-order valence-corrected chi connectivity index (χ1v) is 9.29. The van der Waals surface area contributed by atoms with Gasteiger partial charge in [0.1, 0.15) is 5.75 Å². The molecule has 2 N–H and O–H groups in total. The lowest BCUT2D eigenvalue weighted by Crippen LogP contribution is -2.52. The standard InChI is InChI=1S/C20H32N4O2/c1-6-21-19(23-16-10-11-18(25)24(4)13-16)22-14-20(2,3)15-8-7-9-17(12-15)26-5/h7-9,12,16H,6,10-11,13-14H2,1-5H3,(H2,21,22,23). The van der Waals surface area contributed by atoms with E-state index in [0.717, 1.165) is 24.7 Å². The summed E-state index contributed by atoms with van der Waals surface area (Å²) in [4.78, 5) is 18.2. The molecule has 0 radical (unpaired) electrons. The van der Waals surface area contributed by atoms with Crippen LogP contribution in [0.1, 0.15) is 39.2 Å². The number of likely N-dealkylation sites (N-methyl/N-ethyl adjacent to an activating group) is 1. The number of ether oxygens (including phenoxy) is 1. The number of benzene rings is 1. The molecule has 0 saturated carbocycles. The molecular formula is C20H32N4O2. The lowest BCUT2D eigenvalue weighted by molar-refractivity contribution is -0.132. The zero-order chi connectivity index (χ0) is 19.2. The van der Waals surface area contributed by atoms with E-state index < -0.39 is 0 Å². The van der Waals surface area contributed by atoms with Crippen LogP contribution < -0.4 is 15.4 Å². The van der Waals surface area contributed by atoms with Crippen molar-refractivity contribution in [1.82, 2.24) is 15.5 Å². The first kappa shape index (κ1) is 20.1. The number of carbonyl (C=O) groups excluding carboxylic acids is 1. The largest absolute Gasteiger partial charge is 0.497 e. The molecule has 1 aliphatic heterocycles. The van der Waals surface area contributed by atoms with Gasteiger partial charge in [-0.1, -0.05) is 26.0 Å². The summed E-state index contributed by atoms with van der Waals surface area (Å²) >= 11 is 0. The molecule has 6 heteroatoms. The van der Waals surface area contributed by atoms with Gasteiger partial charge in [0.05, 0.1) is 13.7 Å². The lowest BCUT2D eigenvalue weighted by Gasteiger charge is -2.31. The molecule has 1 heterocycles. The highest BCUT2D eigenvalue weighted by atomic mass is 16.5. The lowest BCUT2D eigenvalue weighted by atomic mass is 9.84. The Kier molecular flexibility index (Phi) is 6.89. The van der Waals surface area contributed by atoms with Gasteiger partial charge in [0.25, 0.3) is 0 Å². The topological polar surface area (TPSA) is 66.0 Å². The van der Waals surface area contributed by atoms with Gasteiger partial charge < -0.3 is 20.3 Å². The number of methoxy groups -OCH3 is 1. The van der Waals surface area contributed by atoms with E-state index in [9.17, 15) is 4.79 Å². The average Bonchev–Trinajstić information content (AvgIpc) is 2.63. The molecule has 26 heavy (non-hydrogen) atoms. The minimum atomic E-state index is -0.115. The SMILES string of the molecule is CCNC(=NCC(C)(C)c1cccc(OC)c1)NC1CCC(=O)N(C)C1. The number of guanidine groups is 1. The number of hydrogen-bond donors (Lipinski definition) is 2. The third-order valence-electron chi connectivity index (χ3n) is 4.80. The number of nitrogens with one attached hydrogen (secondary N) is 2. The molecule has 1 aliphatic rings. The molecular weight excluding hydrogens is 328 g/mol. The van der Waals surface area contributed by atoms with Gasteiger partial charge in [0, 0.05) is 38.0 Å². The molecule has 1 unspecified atom stereocenters. The molecule has 1 aromatic rings. The van der Waals surface area contributed by atoms with Crippen LogP contribution in [0.25, 0.3) is 0 Å². The number of amides is 1. The fraction of sp³-hybridized carbons (Fsp3) is 0.600. The van der Waals surface area contributed by atoms with E-state index in [2.05, 4.69) is 43.5 Å². The molecule has 1 aromatic carbocycles. The van der Waals surface area contributed by atoms with E-state index >= 15 is 0 Å². The highest BCUT2D eigenvalue weighted by Crippen LogP contribution is 2.26. The van der Waals surface area contributed by atoms with Crippen LogP contribution in [-0.4, -0.2) is 56.6 Å². The predicted molar refractivity (Wildman–Crippen MR) is 106 cm³/mol. The van der Waals surface area contributed by atoms with Crippen molar-refractivity contribution in [2.24, 2.45) is 4.99 Å². The molecule has 0 bridgehead atoms. The third kappa shape index (κ3) is 5.38. The predicted octanol–water partition coefficient (Wildman–Crippen LogP) is 2.15. The van der Waals surface area contributed by atoms with Crippen LogP contribution in [0.15, 0.2) is 29.3 Å². The summed E-state index contributed by atoms with van der Waals surface area (Å²) < 4.78 is 5.34. The van der Waals surface area contributed by atoms with Crippen LogP contribution in [0.5, 0.6) is 5.75 Å². The minimum Gasteiger partial charge on any atom is -0.497 e. The Balaban J connectivity index is 2.06. The number of nitrogens with zero attached hydrogens (tertiary/aromatic N) is 2. The molecule has 1 amide bonds. The summed E-state index contributed by atoms with van der Waals surface area (Å²) in [5.41, 5.74) is 1.08. The Morgan fingerprint density at radius 2 is 2.19 bits per heavy atom. The number of piperidine rings is 1. The summed E-state index contributed by atoms with van der Waals surface area (Å²) in [6, 6.07) is 8.38. The number of rotatable bonds is 6. The Bertz CT molecular complexity index is 642. The Morgan fingerprint density at radius 3 is 2.85 bits per heavy atom. The van der Waals surface area contributed by atoms with Crippen LogP contribution in [-0.2, 0) is 10.2 Å². The normalized spacial score (nSPS) is 18.7. The van der Waals surface area contributed by atoms with Gasteiger partial charge in [0.15, 0.2) is 5.96 Å². The van der Waals surface area contributed by atoms with Crippen molar-refractivity contribution in [1.29, 1.82) is 0 Å². The second kappa shape index (κ2) is 8.92. The zero-order valence-electron chi connectivity index (χ0n) is 16.6. The molecule has 1 saturated heterocycles. The minimum absolute atomic E-state index is 0.115. The van der Waals surface area contributed by atoms with Crippen molar-refractivity contribution < 1.29 is 9.53 Å².